The Bertz CT molecular complexity index is 119. The van der Waals surface area contributed by atoms with Crippen LogP contribution >= 0.6 is 11.6 Å². The lowest BCUT2D eigenvalue weighted by Gasteiger charge is -2.32. The Morgan fingerprint density at radius 3 is 2.36 bits per heavy atom. The van der Waals surface area contributed by atoms with Crippen LogP contribution in [0, 0.1) is 0 Å². The molecule has 0 amide bonds. The summed E-state index contributed by atoms with van der Waals surface area (Å²) in [6.07, 6.45) is 3.52. The van der Waals surface area contributed by atoms with E-state index in [0.29, 0.717) is 0 Å². The zero-order chi connectivity index (χ0) is 8.27. The first-order valence-corrected chi connectivity index (χ1v) is 4.43. The minimum absolute atomic E-state index is 0.0791. The van der Waals surface area contributed by atoms with Gasteiger partial charge in [0, 0.05) is 14.2 Å². The summed E-state index contributed by atoms with van der Waals surface area (Å²) >= 11 is 6.05. The average molecular weight is 179 g/mol. The molecule has 0 aromatic carbocycles. The number of ether oxygens (including phenoxy) is 2. The molecular formula is C8H15ClO2. The maximum Gasteiger partial charge on any atom is 0.0995 e. The summed E-state index contributed by atoms with van der Waals surface area (Å²) in [5.74, 6) is 0. The molecule has 1 fully saturated rings. The second kappa shape index (κ2) is 4.29. The van der Waals surface area contributed by atoms with Crippen molar-refractivity contribution >= 4 is 11.6 Å². The van der Waals surface area contributed by atoms with Crippen LogP contribution in [0.3, 0.4) is 0 Å². The molecule has 0 saturated heterocycles. The van der Waals surface area contributed by atoms with Crippen molar-refractivity contribution in [2.24, 2.45) is 0 Å². The van der Waals surface area contributed by atoms with Crippen molar-refractivity contribution in [3.05, 3.63) is 0 Å². The molecule has 3 atom stereocenters. The van der Waals surface area contributed by atoms with Crippen LogP contribution in [-0.2, 0) is 9.47 Å². The normalized spacial score (nSPS) is 39.0. The highest BCUT2D eigenvalue weighted by Gasteiger charge is 2.31. The van der Waals surface area contributed by atoms with E-state index in [0.717, 1.165) is 19.3 Å². The maximum atomic E-state index is 6.05. The molecule has 0 bridgehead atoms. The fourth-order valence-electron chi connectivity index (χ4n) is 1.63. The van der Waals surface area contributed by atoms with Crippen molar-refractivity contribution in [2.75, 3.05) is 14.2 Å². The number of alkyl halides is 1. The van der Waals surface area contributed by atoms with Crippen molar-refractivity contribution < 1.29 is 9.47 Å². The Morgan fingerprint density at radius 1 is 1.18 bits per heavy atom. The molecule has 0 aliphatic heterocycles. The molecule has 2 nitrogen and oxygen atoms in total. The highest BCUT2D eigenvalue weighted by Crippen LogP contribution is 2.27. The minimum Gasteiger partial charge on any atom is -0.379 e. The Balaban J connectivity index is 2.48. The summed E-state index contributed by atoms with van der Waals surface area (Å²) in [5, 5.41) is 0.124. The van der Waals surface area contributed by atoms with Crippen molar-refractivity contribution in [3.8, 4) is 0 Å². The minimum atomic E-state index is 0.0791. The number of methoxy groups -OCH3 is 2. The molecule has 0 heterocycles. The topological polar surface area (TPSA) is 18.5 Å². The summed E-state index contributed by atoms with van der Waals surface area (Å²) in [4.78, 5) is 0. The molecule has 1 saturated carbocycles. The molecule has 0 aromatic rings. The number of halogens is 1. The van der Waals surface area contributed by atoms with E-state index < -0.39 is 0 Å². The first-order chi connectivity index (χ1) is 5.29. The average Bonchev–Trinajstić information content (AvgIpc) is 2.04. The van der Waals surface area contributed by atoms with E-state index in [-0.39, 0.29) is 17.6 Å². The Morgan fingerprint density at radius 2 is 1.91 bits per heavy atom. The highest BCUT2D eigenvalue weighted by atomic mass is 35.5. The second-order valence-electron chi connectivity index (χ2n) is 2.92. The van der Waals surface area contributed by atoms with Gasteiger partial charge in [0.15, 0.2) is 0 Å². The van der Waals surface area contributed by atoms with Crippen LogP contribution in [0.25, 0.3) is 0 Å². The SMILES string of the molecule is COC1CCCC(Cl)C1OC. The Hall–Kier alpha value is 0.210. The van der Waals surface area contributed by atoms with Crippen molar-refractivity contribution in [1.29, 1.82) is 0 Å². The van der Waals surface area contributed by atoms with Gasteiger partial charge in [0.05, 0.1) is 17.6 Å². The lowest BCUT2D eigenvalue weighted by atomic mass is 9.94. The molecule has 66 valence electrons. The van der Waals surface area contributed by atoms with E-state index in [1.54, 1.807) is 14.2 Å². The molecular weight excluding hydrogens is 164 g/mol. The van der Waals surface area contributed by atoms with Crippen LogP contribution in [0.2, 0.25) is 0 Å². The number of hydrogen-bond donors (Lipinski definition) is 0. The predicted molar refractivity (Wildman–Crippen MR) is 45.1 cm³/mol. The number of rotatable bonds is 2. The van der Waals surface area contributed by atoms with Gasteiger partial charge in [0.1, 0.15) is 0 Å². The van der Waals surface area contributed by atoms with E-state index in [2.05, 4.69) is 0 Å². The van der Waals surface area contributed by atoms with E-state index in [1.807, 2.05) is 0 Å². The standard InChI is InChI=1S/C8H15ClO2/c1-10-7-5-3-4-6(9)8(7)11-2/h6-8H,3-5H2,1-2H3. The van der Waals surface area contributed by atoms with E-state index in [9.17, 15) is 0 Å². The Kier molecular flexibility index (Phi) is 3.63. The van der Waals surface area contributed by atoms with Crippen molar-refractivity contribution in [1.82, 2.24) is 0 Å². The molecule has 0 aromatic heterocycles. The van der Waals surface area contributed by atoms with Crippen LogP contribution < -0.4 is 0 Å². The molecule has 0 spiro atoms. The second-order valence-corrected chi connectivity index (χ2v) is 3.48. The van der Waals surface area contributed by atoms with E-state index >= 15 is 0 Å². The third-order valence-corrected chi connectivity index (χ3v) is 2.73. The Labute approximate surface area is 72.8 Å². The summed E-state index contributed by atoms with van der Waals surface area (Å²) < 4.78 is 10.5. The number of hydrogen-bond acceptors (Lipinski definition) is 2. The fraction of sp³-hybridized carbons (Fsp3) is 1.00. The molecule has 0 radical (unpaired) electrons. The molecule has 3 unspecified atom stereocenters. The zero-order valence-electron chi connectivity index (χ0n) is 7.05. The van der Waals surface area contributed by atoms with Crippen molar-refractivity contribution in [2.45, 2.75) is 36.8 Å². The molecule has 1 rings (SSSR count). The summed E-state index contributed by atoms with van der Waals surface area (Å²) in [7, 11) is 3.41. The van der Waals surface area contributed by atoms with Crippen molar-refractivity contribution in [3.63, 3.8) is 0 Å². The molecule has 1 aliphatic rings. The summed E-state index contributed by atoms with van der Waals surface area (Å²) in [5.41, 5.74) is 0. The van der Waals surface area contributed by atoms with Gasteiger partial charge in [-0.25, -0.2) is 0 Å². The quantitative estimate of drug-likeness (QED) is 0.601. The fourth-order valence-corrected chi connectivity index (χ4v) is 2.05. The molecule has 0 N–H and O–H groups in total. The largest absolute Gasteiger partial charge is 0.379 e. The van der Waals surface area contributed by atoms with Gasteiger partial charge >= 0.3 is 0 Å². The third-order valence-electron chi connectivity index (χ3n) is 2.27. The lowest BCUT2D eigenvalue weighted by Crippen LogP contribution is -2.40. The first kappa shape index (κ1) is 9.30. The van der Waals surface area contributed by atoms with E-state index in [4.69, 9.17) is 21.1 Å². The van der Waals surface area contributed by atoms with Gasteiger partial charge < -0.3 is 9.47 Å². The van der Waals surface area contributed by atoms with Gasteiger partial charge in [-0.1, -0.05) is 0 Å². The highest BCUT2D eigenvalue weighted by molar-refractivity contribution is 6.21. The van der Waals surface area contributed by atoms with Crippen LogP contribution in [0.5, 0.6) is 0 Å². The van der Waals surface area contributed by atoms with Crippen LogP contribution in [0.1, 0.15) is 19.3 Å². The predicted octanol–water partition coefficient (Wildman–Crippen LogP) is 1.81. The van der Waals surface area contributed by atoms with Gasteiger partial charge in [-0.2, -0.15) is 0 Å². The van der Waals surface area contributed by atoms with Gasteiger partial charge in [-0.05, 0) is 19.3 Å². The smallest absolute Gasteiger partial charge is 0.0995 e. The van der Waals surface area contributed by atoms with Crippen LogP contribution in [0.15, 0.2) is 0 Å². The van der Waals surface area contributed by atoms with Gasteiger partial charge in [-0.3, -0.25) is 0 Å². The monoisotopic (exact) mass is 178 g/mol. The molecule has 3 heteroatoms. The zero-order valence-corrected chi connectivity index (χ0v) is 7.80. The maximum absolute atomic E-state index is 6.05. The first-order valence-electron chi connectivity index (χ1n) is 3.99. The van der Waals surface area contributed by atoms with E-state index in [1.165, 1.54) is 0 Å². The molecule has 1 aliphatic carbocycles. The van der Waals surface area contributed by atoms with Gasteiger partial charge in [0.25, 0.3) is 0 Å². The third kappa shape index (κ3) is 2.08. The van der Waals surface area contributed by atoms with Gasteiger partial charge in [0.2, 0.25) is 0 Å². The summed E-state index contributed by atoms with van der Waals surface area (Å²) in [6, 6.07) is 0. The molecule has 11 heavy (non-hydrogen) atoms. The van der Waals surface area contributed by atoms with Gasteiger partial charge in [-0.15, -0.1) is 11.6 Å². The summed E-state index contributed by atoms with van der Waals surface area (Å²) in [6.45, 7) is 0. The lowest BCUT2D eigenvalue weighted by molar-refractivity contribution is -0.0553. The van der Waals surface area contributed by atoms with Crippen LogP contribution in [-0.4, -0.2) is 31.8 Å². The van der Waals surface area contributed by atoms with Crippen LogP contribution in [0.4, 0.5) is 0 Å².